The summed E-state index contributed by atoms with van der Waals surface area (Å²) in [5.74, 6) is -5.70. The number of fused-ring (bicyclic) bond motifs is 4. The Morgan fingerprint density at radius 2 is 1.42 bits per heavy atom. The van der Waals surface area contributed by atoms with Crippen LogP contribution in [0.4, 0.5) is 32.8 Å². The predicted molar refractivity (Wildman–Crippen MR) is 198 cm³/mol. The van der Waals surface area contributed by atoms with Crippen LogP contribution in [0.15, 0.2) is 113 Å². The van der Waals surface area contributed by atoms with Crippen molar-refractivity contribution in [1.29, 1.82) is 0 Å². The zero-order valence-electron chi connectivity index (χ0n) is 29.1. The van der Waals surface area contributed by atoms with Crippen molar-refractivity contribution in [3.63, 3.8) is 0 Å². The summed E-state index contributed by atoms with van der Waals surface area (Å²) < 4.78 is 14.1. The number of phenols is 1. The van der Waals surface area contributed by atoms with E-state index in [9.17, 15) is 28.7 Å². The first-order valence-electron chi connectivity index (χ1n) is 17.4. The zero-order chi connectivity index (χ0) is 37.3. The minimum absolute atomic E-state index is 0.0373. The molecule has 1 saturated carbocycles. The first kappa shape index (κ1) is 34.4. The molecule has 4 aliphatic rings. The van der Waals surface area contributed by atoms with Crippen molar-refractivity contribution in [2.24, 2.45) is 39.3 Å². The second kappa shape index (κ2) is 12.8. The smallest absolute Gasteiger partial charge is 0.241 e. The van der Waals surface area contributed by atoms with Crippen LogP contribution in [0.3, 0.4) is 0 Å². The third-order valence-electron chi connectivity index (χ3n) is 11.4. The molecule has 0 spiro atoms. The maximum atomic E-state index is 14.5. The van der Waals surface area contributed by atoms with Crippen molar-refractivity contribution in [1.82, 2.24) is 0 Å². The van der Waals surface area contributed by atoms with Crippen LogP contribution in [-0.4, -0.2) is 42.8 Å². The van der Waals surface area contributed by atoms with Crippen LogP contribution in [0.2, 0.25) is 5.02 Å². The van der Waals surface area contributed by atoms with Crippen molar-refractivity contribution >= 4 is 63.7 Å². The Bertz CT molecular complexity index is 2240. The van der Waals surface area contributed by atoms with Gasteiger partial charge in [-0.15, -0.1) is 0 Å². The van der Waals surface area contributed by atoms with Crippen LogP contribution in [-0.2, 0) is 19.2 Å². The quantitative estimate of drug-likeness (QED) is 0.122. The highest BCUT2D eigenvalue weighted by Gasteiger charge is 2.67. The topological polar surface area (TPSA) is 123 Å². The van der Waals surface area contributed by atoms with Gasteiger partial charge in [0.15, 0.2) is 0 Å². The Hall–Kier alpha value is -5.68. The van der Waals surface area contributed by atoms with Crippen LogP contribution in [0.1, 0.15) is 31.2 Å². The molecule has 0 bridgehead atoms. The number of carbonyl (C=O) groups is 4. The largest absolute Gasteiger partial charge is 0.508 e. The van der Waals surface area contributed by atoms with E-state index in [-0.39, 0.29) is 41.1 Å². The number of benzene rings is 4. The fourth-order valence-corrected chi connectivity index (χ4v) is 8.96. The first-order valence-corrected chi connectivity index (χ1v) is 17.8. The molecule has 2 aliphatic carbocycles. The van der Waals surface area contributed by atoms with Gasteiger partial charge in [-0.05, 0) is 110 Å². The molecule has 0 radical (unpaired) electrons. The Morgan fingerprint density at radius 1 is 0.792 bits per heavy atom. The molecular weight excluding hydrogens is 697 g/mol. The lowest BCUT2D eigenvalue weighted by molar-refractivity contribution is -0.131. The molecule has 12 heteroatoms. The SMILES string of the molecule is CN(C)c1ccc(N=Nc2ccc(N3C(=O)C4CC=C5C(CC6C(=O)N(c7ccc(F)c(Cl)c7)C(=O)C6(C)C5c5ccc(O)cc5)C4C3=O)cc2)cc1. The summed E-state index contributed by atoms with van der Waals surface area (Å²) in [4.78, 5) is 61.6. The van der Waals surface area contributed by atoms with Gasteiger partial charge >= 0.3 is 0 Å². The van der Waals surface area contributed by atoms with Gasteiger partial charge in [-0.25, -0.2) is 9.29 Å². The van der Waals surface area contributed by atoms with Crippen molar-refractivity contribution in [2.75, 3.05) is 28.8 Å². The molecule has 1 N–H and O–H groups in total. The average Bonchev–Trinajstić information content (AvgIpc) is 3.52. The zero-order valence-corrected chi connectivity index (χ0v) is 29.9. The highest BCUT2D eigenvalue weighted by Crippen LogP contribution is 2.63. The van der Waals surface area contributed by atoms with Crippen molar-refractivity contribution in [3.8, 4) is 5.75 Å². The molecule has 2 aliphatic heterocycles. The third-order valence-corrected chi connectivity index (χ3v) is 11.7. The highest BCUT2D eigenvalue weighted by molar-refractivity contribution is 6.32. The number of carbonyl (C=O) groups excluding carboxylic acids is 4. The Morgan fingerprint density at radius 3 is 2.04 bits per heavy atom. The molecule has 6 atom stereocenters. The monoisotopic (exact) mass is 731 g/mol. The molecule has 6 unspecified atom stereocenters. The molecular formula is C41H35ClFN5O5. The Labute approximate surface area is 310 Å². The number of hydrogen-bond donors (Lipinski definition) is 1. The molecule has 3 fully saturated rings. The maximum Gasteiger partial charge on any atom is 0.241 e. The second-order valence-electron chi connectivity index (χ2n) is 14.5. The molecule has 0 aromatic heterocycles. The van der Waals surface area contributed by atoms with Crippen molar-refractivity contribution < 1.29 is 28.7 Å². The molecule has 268 valence electrons. The van der Waals surface area contributed by atoms with Crippen molar-refractivity contribution in [2.45, 2.75) is 25.7 Å². The molecule has 10 nitrogen and oxygen atoms in total. The number of rotatable bonds is 6. The van der Waals surface area contributed by atoms with Gasteiger partial charge in [0, 0.05) is 25.7 Å². The number of azo groups is 1. The van der Waals surface area contributed by atoms with E-state index in [1.165, 1.54) is 29.2 Å². The fraction of sp³-hybridized carbons (Fsp3) is 0.268. The predicted octanol–water partition coefficient (Wildman–Crippen LogP) is 8.10. The number of imide groups is 2. The third kappa shape index (κ3) is 5.44. The van der Waals surface area contributed by atoms with Crippen molar-refractivity contribution in [3.05, 3.63) is 119 Å². The summed E-state index contributed by atoms with van der Waals surface area (Å²) in [5.41, 5.74) is 3.05. The number of hydrogen-bond acceptors (Lipinski definition) is 8. The first-order chi connectivity index (χ1) is 25.4. The van der Waals surface area contributed by atoms with Gasteiger partial charge in [0.1, 0.15) is 11.6 Å². The Balaban J connectivity index is 1.12. The molecule has 8 rings (SSSR count). The van der Waals surface area contributed by atoms with E-state index in [2.05, 4.69) is 10.2 Å². The van der Waals surface area contributed by atoms with Gasteiger partial charge in [0.25, 0.3) is 0 Å². The molecule has 53 heavy (non-hydrogen) atoms. The van der Waals surface area contributed by atoms with Crippen LogP contribution in [0.5, 0.6) is 5.75 Å². The summed E-state index contributed by atoms with van der Waals surface area (Å²) in [6.45, 7) is 1.76. The van der Waals surface area contributed by atoms with Crippen LogP contribution in [0, 0.1) is 34.9 Å². The normalized spacial score (nSPS) is 26.5. The summed E-state index contributed by atoms with van der Waals surface area (Å²) in [5, 5.41) is 18.5. The molecule has 4 aromatic carbocycles. The van der Waals surface area contributed by atoms with Gasteiger partial charge in [-0.2, -0.15) is 10.2 Å². The number of amides is 4. The Kier molecular flexibility index (Phi) is 8.29. The van der Waals surface area contributed by atoms with E-state index in [1.807, 2.05) is 49.3 Å². The van der Waals surface area contributed by atoms with E-state index < -0.39 is 52.6 Å². The lowest BCUT2D eigenvalue weighted by Crippen LogP contribution is -2.48. The van der Waals surface area contributed by atoms with Gasteiger partial charge in [-0.1, -0.05) is 35.4 Å². The summed E-state index contributed by atoms with van der Waals surface area (Å²) in [6, 6.07) is 24.6. The molecule has 2 heterocycles. The lowest BCUT2D eigenvalue weighted by atomic mass is 9.51. The van der Waals surface area contributed by atoms with Crippen LogP contribution in [0.25, 0.3) is 0 Å². The molecule has 2 saturated heterocycles. The standard InChI is InChI=1S/C41H35ClFN5O5/c1-41-32(38(51)48(40(41)53)27-14-19-34(43)33(42)20-27)21-31-29(36(41)22-4-15-28(49)16-5-22)17-18-30-35(31)39(52)47(37(30)50)26-12-8-24(9-13-26)45-44-23-6-10-25(11-7-23)46(2)3/h4-17,19-20,30-32,35-36,49H,18,21H2,1-3H3. The number of anilines is 3. The van der Waals surface area contributed by atoms with E-state index in [0.29, 0.717) is 22.6 Å². The average molecular weight is 732 g/mol. The number of phenolic OH excluding ortho intramolecular Hbond substituents is 1. The number of nitrogens with zero attached hydrogens (tertiary/aromatic N) is 5. The summed E-state index contributed by atoms with van der Waals surface area (Å²) in [6.07, 6.45) is 2.41. The minimum atomic E-state index is -1.28. The maximum absolute atomic E-state index is 14.5. The van der Waals surface area contributed by atoms with Crippen LogP contribution >= 0.6 is 11.6 Å². The van der Waals surface area contributed by atoms with E-state index in [4.69, 9.17) is 11.6 Å². The van der Waals surface area contributed by atoms with E-state index in [1.54, 1.807) is 43.3 Å². The highest BCUT2D eigenvalue weighted by atomic mass is 35.5. The molecule has 4 amide bonds. The number of allylic oxidation sites excluding steroid dienone is 2. The van der Waals surface area contributed by atoms with Gasteiger partial charge in [0.05, 0.1) is 50.9 Å². The van der Waals surface area contributed by atoms with Gasteiger partial charge in [0.2, 0.25) is 23.6 Å². The van der Waals surface area contributed by atoms with Gasteiger partial charge < -0.3 is 10.0 Å². The molecule has 4 aromatic rings. The van der Waals surface area contributed by atoms with E-state index >= 15 is 0 Å². The fourth-order valence-electron chi connectivity index (χ4n) is 8.79. The minimum Gasteiger partial charge on any atom is -0.508 e. The number of aromatic hydroxyl groups is 1. The second-order valence-corrected chi connectivity index (χ2v) is 14.9. The van der Waals surface area contributed by atoms with Crippen LogP contribution < -0.4 is 14.7 Å². The summed E-state index contributed by atoms with van der Waals surface area (Å²) >= 11 is 6.09. The number of halogens is 2. The van der Waals surface area contributed by atoms with Gasteiger partial charge in [-0.3, -0.25) is 24.1 Å². The lowest BCUT2D eigenvalue weighted by Gasteiger charge is -2.49. The summed E-state index contributed by atoms with van der Waals surface area (Å²) in [7, 11) is 3.91. The van der Waals surface area contributed by atoms with E-state index in [0.717, 1.165) is 22.2 Å².